The van der Waals surface area contributed by atoms with Crippen molar-refractivity contribution in [2.45, 2.75) is 5.66 Å². The number of fused-ring (bicyclic) bond motifs is 2. The average Bonchev–Trinajstić information content (AvgIpc) is 2.91. The zero-order valence-corrected chi connectivity index (χ0v) is 21.3. The normalized spacial score (nSPS) is 12.6. The van der Waals surface area contributed by atoms with E-state index in [1.54, 1.807) is 30.3 Å². The molecule has 5 rings (SSSR count). The number of amides is 1. The molecule has 0 aliphatic rings. The minimum absolute atomic E-state index is 0.237. The zero-order valence-electron chi connectivity index (χ0n) is 20.4. The minimum atomic E-state index is -4.88. The van der Waals surface area contributed by atoms with Gasteiger partial charge in [-0.25, -0.2) is 0 Å². The molecule has 6 nitrogen and oxygen atoms in total. The van der Waals surface area contributed by atoms with E-state index in [2.05, 4.69) is 5.32 Å². The van der Waals surface area contributed by atoms with E-state index in [9.17, 15) is 19.1 Å². The van der Waals surface area contributed by atoms with Gasteiger partial charge in [0.25, 0.3) is 0 Å². The van der Waals surface area contributed by atoms with Crippen LogP contribution in [-0.4, -0.2) is 22.3 Å². The highest BCUT2D eigenvalue weighted by molar-refractivity contribution is 7.53. The number of carbonyl (C=O) groups excluding carboxylic acids is 1. The van der Waals surface area contributed by atoms with Gasteiger partial charge in [0.2, 0.25) is 5.91 Å². The van der Waals surface area contributed by atoms with E-state index in [0.717, 1.165) is 21.7 Å². The molecule has 1 atom stereocenters. The molecule has 7 heteroatoms. The predicted molar refractivity (Wildman–Crippen MR) is 152 cm³/mol. The molecule has 5 aromatic rings. The third kappa shape index (κ3) is 5.68. The first-order chi connectivity index (χ1) is 18.4. The lowest BCUT2D eigenvalue weighted by molar-refractivity contribution is -0.116. The minimum Gasteiger partial charge on any atom is -0.487 e. The van der Waals surface area contributed by atoms with Gasteiger partial charge in [-0.3, -0.25) is 9.36 Å². The van der Waals surface area contributed by atoms with Crippen LogP contribution in [0, 0.1) is 0 Å². The van der Waals surface area contributed by atoms with Crippen LogP contribution in [0.4, 0.5) is 5.69 Å². The van der Waals surface area contributed by atoms with Gasteiger partial charge >= 0.3 is 7.60 Å². The molecule has 3 N–H and O–H groups in total. The molecule has 1 unspecified atom stereocenters. The van der Waals surface area contributed by atoms with E-state index in [1.165, 1.54) is 0 Å². The Balaban J connectivity index is 1.48. The Morgan fingerprint density at radius 2 is 1.45 bits per heavy atom. The Labute approximate surface area is 220 Å². The van der Waals surface area contributed by atoms with Gasteiger partial charge in [-0.05, 0) is 50.9 Å². The second-order valence-electron chi connectivity index (χ2n) is 8.87. The maximum Gasteiger partial charge on any atom is 0.342 e. The second kappa shape index (κ2) is 11.0. The molecule has 0 spiro atoms. The van der Waals surface area contributed by atoms with Crippen molar-refractivity contribution in [2.24, 2.45) is 0 Å². The van der Waals surface area contributed by atoms with Crippen LogP contribution < -0.4 is 10.1 Å². The first-order valence-corrected chi connectivity index (χ1v) is 13.8. The molecule has 0 bridgehead atoms. The van der Waals surface area contributed by atoms with Crippen LogP contribution in [0.15, 0.2) is 115 Å². The van der Waals surface area contributed by atoms with Gasteiger partial charge in [0, 0.05) is 0 Å². The standard InChI is InChI=1S/C31H26NO5P/c33-31(30(38(34,35)36)27-18-8-16-23-13-6-7-17-26(23)27)32-28-20-24-14-4-5-15-25(24)21-29(28)37-19-9-12-22-10-2-1-3-11-22/h1-18,20-21,30H,19H2,(H,32,33)(H2,34,35,36). The van der Waals surface area contributed by atoms with Gasteiger partial charge in [-0.2, -0.15) is 0 Å². The molecule has 38 heavy (non-hydrogen) atoms. The number of rotatable bonds is 8. The highest BCUT2D eigenvalue weighted by Gasteiger charge is 2.38. The first-order valence-electron chi connectivity index (χ1n) is 12.1. The van der Waals surface area contributed by atoms with E-state index < -0.39 is 19.2 Å². The summed E-state index contributed by atoms with van der Waals surface area (Å²) in [5, 5.41) is 5.91. The molecular formula is C31H26NO5P. The molecule has 1 amide bonds. The number of benzene rings is 5. The van der Waals surface area contributed by atoms with Gasteiger partial charge in [0.15, 0.2) is 5.66 Å². The molecule has 0 aromatic heterocycles. The maximum atomic E-state index is 13.5. The van der Waals surface area contributed by atoms with E-state index in [1.807, 2.05) is 91.0 Å². The van der Waals surface area contributed by atoms with Gasteiger partial charge in [0.05, 0.1) is 5.69 Å². The Hall–Kier alpha value is -4.22. The van der Waals surface area contributed by atoms with Crippen molar-refractivity contribution in [1.29, 1.82) is 0 Å². The molecule has 0 heterocycles. The summed E-state index contributed by atoms with van der Waals surface area (Å²) in [6, 6.07) is 33.3. The van der Waals surface area contributed by atoms with Gasteiger partial charge in [-0.15, -0.1) is 0 Å². The van der Waals surface area contributed by atoms with Crippen LogP contribution in [0.25, 0.3) is 27.6 Å². The highest BCUT2D eigenvalue weighted by Crippen LogP contribution is 2.53. The summed E-state index contributed by atoms with van der Waals surface area (Å²) < 4.78 is 18.7. The third-order valence-corrected chi connectivity index (χ3v) is 7.44. The van der Waals surface area contributed by atoms with Crippen LogP contribution in [0.3, 0.4) is 0 Å². The summed E-state index contributed by atoms with van der Waals surface area (Å²) >= 11 is 0. The monoisotopic (exact) mass is 523 g/mol. The van der Waals surface area contributed by atoms with Crippen LogP contribution in [0.2, 0.25) is 0 Å². The molecule has 0 saturated heterocycles. The fraction of sp³-hybridized carbons (Fsp3) is 0.0645. The molecule has 190 valence electrons. The largest absolute Gasteiger partial charge is 0.487 e. The molecule has 0 aliphatic heterocycles. The summed E-state index contributed by atoms with van der Waals surface area (Å²) in [6.45, 7) is 0.237. The van der Waals surface area contributed by atoms with Crippen molar-refractivity contribution in [3.63, 3.8) is 0 Å². The number of anilines is 1. The lowest BCUT2D eigenvalue weighted by Gasteiger charge is -2.21. The lowest BCUT2D eigenvalue weighted by atomic mass is 10.0. The topological polar surface area (TPSA) is 95.9 Å². The summed E-state index contributed by atoms with van der Waals surface area (Å²) in [4.78, 5) is 34.1. The molecule has 5 aromatic carbocycles. The number of ether oxygens (including phenoxy) is 1. The van der Waals surface area contributed by atoms with Crippen molar-refractivity contribution >= 4 is 46.8 Å². The Morgan fingerprint density at radius 3 is 2.18 bits per heavy atom. The van der Waals surface area contributed by atoms with Gasteiger partial charge in [-0.1, -0.05) is 103 Å². The molecule has 0 saturated carbocycles. The fourth-order valence-electron chi connectivity index (χ4n) is 4.49. The maximum absolute atomic E-state index is 13.5. The third-order valence-electron chi connectivity index (χ3n) is 6.25. The van der Waals surface area contributed by atoms with Crippen molar-refractivity contribution in [3.8, 4) is 5.75 Å². The van der Waals surface area contributed by atoms with E-state index in [-0.39, 0.29) is 12.2 Å². The van der Waals surface area contributed by atoms with Gasteiger partial charge < -0.3 is 19.8 Å². The highest BCUT2D eigenvalue weighted by atomic mass is 31.2. The lowest BCUT2D eigenvalue weighted by Crippen LogP contribution is -2.22. The van der Waals surface area contributed by atoms with Crippen molar-refractivity contribution < 1.29 is 23.9 Å². The van der Waals surface area contributed by atoms with Gasteiger partial charge in [0.1, 0.15) is 12.4 Å². The molecule has 0 radical (unpaired) electrons. The number of hydrogen-bond acceptors (Lipinski definition) is 3. The van der Waals surface area contributed by atoms with Crippen molar-refractivity contribution in [3.05, 3.63) is 126 Å². The second-order valence-corrected chi connectivity index (χ2v) is 10.6. The van der Waals surface area contributed by atoms with Crippen molar-refractivity contribution in [1.82, 2.24) is 0 Å². The SMILES string of the molecule is O=C(Nc1cc2ccccc2cc1OCC=Cc1ccccc1)C(c1cccc2ccccc12)P(=O)(O)O. The predicted octanol–water partition coefficient (Wildman–Crippen LogP) is 6.94. The van der Waals surface area contributed by atoms with E-state index in [0.29, 0.717) is 16.8 Å². The summed E-state index contributed by atoms with van der Waals surface area (Å²) in [7, 11) is -4.88. The van der Waals surface area contributed by atoms with Crippen LogP contribution in [0.1, 0.15) is 16.8 Å². The molecule has 0 aliphatic carbocycles. The van der Waals surface area contributed by atoms with E-state index in [4.69, 9.17) is 4.74 Å². The Kier molecular flexibility index (Phi) is 7.38. The molecular weight excluding hydrogens is 497 g/mol. The summed E-state index contributed by atoms with van der Waals surface area (Å²) in [5.41, 5.74) is -0.0582. The average molecular weight is 524 g/mol. The number of nitrogens with one attached hydrogen (secondary N) is 1. The van der Waals surface area contributed by atoms with Crippen LogP contribution in [0.5, 0.6) is 5.75 Å². The Morgan fingerprint density at radius 1 is 0.816 bits per heavy atom. The number of carbonyl (C=O) groups is 1. The number of hydrogen-bond donors (Lipinski definition) is 3. The summed E-state index contributed by atoms with van der Waals surface area (Å²) in [5.74, 6) is -0.410. The fourth-order valence-corrected chi connectivity index (χ4v) is 5.45. The molecule has 0 fully saturated rings. The smallest absolute Gasteiger partial charge is 0.342 e. The first kappa shape index (κ1) is 25.4. The zero-order chi connectivity index (χ0) is 26.5. The Bertz CT molecular complexity index is 1670. The quantitative estimate of drug-likeness (QED) is 0.192. The summed E-state index contributed by atoms with van der Waals surface area (Å²) in [6.07, 6.45) is 3.80. The van der Waals surface area contributed by atoms with Crippen LogP contribution in [-0.2, 0) is 9.36 Å². The van der Waals surface area contributed by atoms with E-state index >= 15 is 0 Å². The van der Waals surface area contributed by atoms with Crippen LogP contribution >= 0.6 is 7.60 Å². The van der Waals surface area contributed by atoms with Crippen molar-refractivity contribution in [2.75, 3.05) is 11.9 Å².